The summed E-state index contributed by atoms with van der Waals surface area (Å²) in [6.07, 6.45) is 3.49. The fourth-order valence-electron chi connectivity index (χ4n) is 3.30. The lowest BCUT2D eigenvalue weighted by atomic mass is 10.2. The van der Waals surface area contributed by atoms with Crippen molar-refractivity contribution in [3.63, 3.8) is 0 Å². The zero-order valence-corrected chi connectivity index (χ0v) is 18.0. The van der Waals surface area contributed by atoms with Crippen LogP contribution in [0, 0.1) is 10.1 Å². The van der Waals surface area contributed by atoms with E-state index in [4.69, 9.17) is 23.2 Å². The van der Waals surface area contributed by atoms with Gasteiger partial charge in [0.15, 0.2) is 0 Å². The third-order valence-electron chi connectivity index (χ3n) is 4.89. The maximum Gasteiger partial charge on any atom is 0.271 e. The highest BCUT2D eigenvalue weighted by Gasteiger charge is 2.11. The molecule has 0 aliphatic rings. The Hall–Kier alpha value is -3.68. The smallest absolute Gasteiger partial charge is 0.271 e. The number of rotatable bonds is 6. The highest BCUT2D eigenvalue weighted by atomic mass is 35.5. The summed E-state index contributed by atoms with van der Waals surface area (Å²) < 4.78 is 2.05. The number of nitro benzene ring substituents is 1. The molecule has 0 saturated carbocycles. The third kappa shape index (κ3) is 4.64. The summed E-state index contributed by atoms with van der Waals surface area (Å²) in [7, 11) is 0. The van der Waals surface area contributed by atoms with Crippen molar-refractivity contribution in [2.45, 2.75) is 6.54 Å². The first-order valence-corrected chi connectivity index (χ1v) is 10.3. The van der Waals surface area contributed by atoms with Gasteiger partial charge in [-0.3, -0.25) is 14.9 Å². The van der Waals surface area contributed by atoms with Crippen molar-refractivity contribution in [2.24, 2.45) is 5.10 Å². The summed E-state index contributed by atoms with van der Waals surface area (Å²) in [5.74, 6) is -0.465. The van der Waals surface area contributed by atoms with Crippen LogP contribution in [0.2, 0.25) is 10.0 Å². The monoisotopic (exact) mass is 466 g/mol. The first-order valence-electron chi connectivity index (χ1n) is 9.52. The van der Waals surface area contributed by atoms with Gasteiger partial charge in [0.2, 0.25) is 0 Å². The fourth-order valence-corrected chi connectivity index (χ4v) is 3.77. The minimum atomic E-state index is -0.521. The molecule has 160 valence electrons. The standard InChI is InChI=1S/C23H16Cl2N4O3/c24-18-8-5-16(21(25)11-18)13-28-14-17(20-3-1-2-4-22(20)28)12-26-27-23(30)15-6-9-19(10-7-15)29(31)32/h1-12,14H,13H2,(H,27,30). The SMILES string of the molecule is O=C(NN=Cc1cn(Cc2ccc(Cl)cc2Cl)c2ccccc12)c1ccc([N+](=O)[O-])cc1. The molecule has 1 aromatic heterocycles. The van der Waals surface area contributed by atoms with Gasteiger partial charge in [-0.05, 0) is 35.9 Å². The molecule has 32 heavy (non-hydrogen) atoms. The van der Waals surface area contributed by atoms with Crippen molar-refractivity contribution in [3.05, 3.63) is 110 Å². The van der Waals surface area contributed by atoms with E-state index in [0.29, 0.717) is 16.6 Å². The number of non-ortho nitro benzene ring substituents is 1. The molecule has 0 fully saturated rings. The van der Waals surface area contributed by atoms with E-state index < -0.39 is 10.8 Å². The number of carbonyl (C=O) groups excluding carboxylic acids is 1. The number of halogens is 2. The largest absolute Gasteiger partial charge is 0.342 e. The number of para-hydroxylation sites is 1. The predicted molar refractivity (Wildman–Crippen MR) is 126 cm³/mol. The number of nitro groups is 1. The molecule has 9 heteroatoms. The van der Waals surface area contributed by atoms with Gasteiger partial charge in [0, 0.05) is 56.9 Å². The second kappa shape index (κ2) is 9.21. The summed E-state index contributed by atoms with van der Waals surface area (Å²) >= 11 is 12.3. The van der Waals surface area contributed by atoms with Crippen LogP contribution in [0.25, 0.3) is 10.9 Å². The molecular formula is C23H16Cl2N4O3. The Morgan fingerprint density at radius 2 is 1.84 bits per heavy atom. The summed E-state index contributed by atoms with van der Waals surface area (Å²) in [5, 5.41) is 16.9. The summed E-state index contributed by atoms with van der Waals surface area (Å²) in [6, 6.07) is 18.5. The van der Waals surface area contributed by atoms with E-state index in [1.165, 1.54) is 24.3 Å². The van der Waals surface area contributed by atoms with Crippen LogP contribution in [0.1, 0.15) is 21.5 Å². The van der Waals surface area contributed by atoms with E-state index in [2.05, 4.69) is 10.5 Å². The molecule has 0 saturated heterocycles. The Balaban J connectivity index is 1.54. The van der Waals surface area contributed by atoms with Crippen molar-refractivity contribution in [2.75, 3.05) is 0 Å². The van der Waals surface area contributed by atoms with Crippen molar-refractivity contribution in [3.8, 4) is 0 Å². The molecule has 0 bridgehead atoms. The Bertz CT molecular complexity index is 1350. The van der Waals surface area contributed by atoms with Crippen LogP contribution >= 0.6 is 23.2 Å². The number of hydrazone groups is 1. The first kappa shape index (κ1) is 21.5. The molecule has 0 aliphatic heterocycles. The van der Waals surface area contributed by atoms with Crippen LogP contribution in [-0.4, -0.2) is 21.6 Å². The quantitative estimate of drug-likeness (QED) is 0.225. The molecule has 1 heterocycles. The third-order valence-corrected chi connectivity index (χ3v) is 5.47. The second-order valence-corrected chi connectivity index (χ2v) is 7.81. The lowest BCUT2D eigenvalue weighted by Gasteiger charge is -2.08. The van der Waals surface area contributed by atoms with Crippen molar-refractivity contribution < 1.29 is 9.72 Å². The molecule has 1 N–H and O–H groups in total. The fraction of sp³-hybridized carbons (Fsp3) is 0.0435. The average molecular weight is 467 g/mol. The van der Waals surface area contributed by atoms with Gasteiger partial charge in [-0.15, -0.1) is 0 Å². The van der Waals surface area contributed by atoms with Gasteiger partial charge in [0.05, 0.1) is 11.1 Å². The van der Waals surface area contributed by atoms with Gasteiger partial charge in [0.1, 0.15) is 0 Å². The van der Waals surface area contributed by atoms with Gasteiger partial charge >= 0.3 is 0 Å². The molecular weight excluding hydrogens is 451 g/mol. The van der Waals surface area contributed by atoms with Crippen LogP contribution < -0.4 is 5.43 Å². The number of nitrogens with one attached hydrogen (secondary N) is 1. The van der Waals surface area contributed by atoms with Crippen LogP contribution in [0.3, 0.4) is 0 Å². The minimum absolute atomic E-state index is 0.0846. The van der Waals surface area contributed by atoms with Gasteiger partial charge in [-0.2, -0.15) is 5.10 Å². The number of benzene rings is 3. The summed E-state index contributed by atoms with van der Waals surface area (Å²) in [4.78, 5) is 22.5. The topological polar surface area (TPSA) is 89.5 Å². The highest BCUT2D eigenvalue weighted by molar-refractivity contribution is 6.35. The molecule has 0 atom stereocenters. The Labute approximate surface area is 193 Å². The summed E-state index contributed by atoms with van der Waals surface area (Å²) in [5.41, 5.74) is 5.36. The molecule has 3 aromatic carbocycles. The molecule has 0 aliphatic carbocycles. The number of carbonyl (C=O) groups is 1. The number of aromatic nitrogens is 1. The highest BCUT2D eigenvalue weighted by Crippen LogP contribution is 2.25. The van der Waals surface area contributed by atoms with E-state index in [1.807, 2.05) is 41.1 Å². The van der Waals surface area contributed by atoms with Crippen molar-refractivity contribution in [1.29, 1.82) is 0 Å². The van der Waals surface area contributed by atoms with Crippen molar-refractivity contribution >= 4 is 51.9 Å². The Kier molecular flexibility index (Phi) is 6.20. The van der Waals surface area contributed by atoms with Gasteiger partial charge in [0.25, 0.3) is 11.6 Å². The summed E-state index contributed by atoms with van der Waals surface area (Å²) in [6.45, 7) is 0.541. The zero-order valence-electron chi connectivity index (χ0n) is 16.5. The molecule has 0 unspecified atom stereocenters. The van der Waals surface area contributed by atoms with E-state index in [0.717, 1.165) is 22.0 Å². The van der Waals surface area contributed by atoms with Crippen molar-refractivity contribution in [1.82, 2.24) is 9.99 Å². The van der Waals surface area contributed by atoms with E-state index in [-0.39, 0.29) is 11.3 Å². The van der Waals surface area contributed by atoms with Gasteiger partial charge in [-0.25, -0.2) is 5.43 Å². The molecule has 4 aromatic rings. The Morgan fingerprint density at radius 1 is 1.09 bits per heavy atom. The molecule has 0 radical (unpaired) electrons. The minimum Gasteiger partial charge on any atom is -0.342 e. The number of hydrogen-bond acceptors (Lipinski definition) is 4. The number of amides is 1. The molecule has 1 amide bonds. The predicted octanol–water partition coefficient (Wildman–Crippen LogP) is 5.67. The molecule has 7 nitrogen and oxygen atoms in total. The Morgan fingerprint density at radius 3 is 2.56 bits per heavy atom. The van der Waals surface area contributed by atoms with Gasteiger partial charge in [-0.1, -0.05) is 47.5 Å². The zero-order chi connectivity index (χ0) is 22.7. The number of hydrogen-bond donors (Lipinski definition) is 1. The van der Waals surface area contributed by atoms with E-state index in [9.17, 15) is 14.9 Å². The first-order chi connectivity index (χ1) is 15.4. The molecule has 4 rings (SSSR count). The van der Waals surface area contributed by atoms with E-state index in [1.54, 1.807) is 18.3 Å². The van der Waals surface area contributed by atoms with E-state index >= 15 is 0 Å². The normalized spacial score (nSPS) is 11.2. The van der Waals surface area contributed by atoms with Crippen LogP contribution in [-0.2, 0) is 6.54 Å². The lowest BCUT2D eigenvalue weighted by Crippen LogP contribution is -2.17. The van der Waals surface area contributed by atoms with Gasteiger partial charge < -0.3 is 4.57 Å². The number of fused-ring (bicyclic) bond motifs is 1. The lowest BCUT2D eigenvalue weighted by molar-refractivity contribution is -0.384. The van der Waals surface area contributed by atoms with Crippen LogP contribution in [0.5, 0.6) is 0 Å². The maximum absolute atomic E-state index is 12.3. The van der Waals surface area contributed by atoms with Crippen LogP contribution in [0.4, 0.5) is 5.69 Å². The average Bonchev–Trinajstić information content (AvgIpc) is 3.13. The molecule has 0 spiro atoms. The number of nitrogens with zero attached hydrogens (tertiary/aromatic N) is 3. The maximum atomic E-state index is 12.3. The second-order valence-electron chi connectivity index (χ2n) is 6.97. The van der Waals surface area contributed by atoms with Crippen LogP contribution in [0.15, 0.2) is 78.0 Å².